The van der Waals surface area contributed by atoms with Crippen LogP contribution in [0.1, 0.15) is 18.1 Å². The standard InChI is InChI=1S/C21H20N2O5/c1-3-26-19-9-14(4-6-17(19)25-2)8-16(11-22)21(24)23-12-15-5-7-18-20(10-15)28-13-27-18/h4-10H,3,12-13H2,1-2H3,(H,23,24)/b16-8+. The van der Waals surface area contributed by atoms with Crippen LogP contribution in [0.2, 0.25) is 0 Å². The zero-order valence-electron chi connectivity index (χ0n) is 15.7. The molecule has 0 spiro atoms. The Hall–Kier alpha value is -3.66. The first-order valence-corrected chi connectivity index (χ1v) is 8.74. The van der Waals surface area contributed by atoms with Crippen LogP contribution in [0.25, 0.3) is 6.08 Å². The van der Waals surface area contributed by atoms with E-state index in [2.05, 4.69) is 5.32 Å². The van der Waals surface area contributed by atoms with E-state index in [1.807, 2.05) is 19.1 Å². The molecule has 1 aliphatic heterocycles. The van der Waals surface area contributed by atoms with Crippen molar-refractivity contribution in [1.29, 1.82) is 5.26 Å². The molecule has 3 rings (SSSR count). The fourth-order valence-electron chi connectivity index (χ4n) is 2.70. The van der Waals surface area contributed by atoms with Crippen molar-refractivity contribution < 1.29 is 23.7 Å². The molecule has 2 aromatic carbocycles. The molecule has 1 aliphatic rings. The van der Waals surface area contributed by atoms with E-state index in [4.69, 9.17) is 18.9 Å². The zero-order chi connectivity index (χ0) is 19.9. The van der Waals surface area contributed by atoms with E-state index >= 15 is 0 Å². The Morgan fingerprint density at radius 3 is 2.79 bits per heavy atom. The van der Waals surface area contributed by atoms with Crippen LogP contribution in [0.4, 0.5) is 0 Å². The Balaban J connectivity index is 1.71. The van der Waals surface area contributed by atoms with Crippen molar-refractivity contribution >= 4 is 12.0 Å². The average Bonchev–Trinajstić information content (AvgIpc) is 3.18. The third-order valence-corrected chi connectivity index (χ3v) is 4.05. The van der Waals surface area contributed by atoms with E-state index in [-0.39, 0.29) is 18.9 Å². The van der Waals surface area contributed by atoms with Crippen molar-refractivity contribution in [3.8, 4) is 29.1 Å². The highest BCUT2D eigenvalue weighted by Crippen LogP contribution is 2.32. The molecular formula is C21H20N2O5. The van der Waals surface area contributed by atoms with Crippen LogP contribution in [-0.2, 0) is 11.3 Å². The zero-order valence-corrected chi connectivity index (χ0v) is 15.7. The van der Waals surface area contributed by atoms with Crippen molar-refractivity contribution in [2.24, 2.45) is 0 Å². The summed E-state index contributed by atoms with van der Waals surface area (Å²) >= 11 is 0. The molecule has 0 fully saturated rings. The van der Waals surface area contributed by atoms with Gasteiger partial charge in [0.1, 0.15) is 11.6 Å². The third kappa shape index (κ3) is 4.35. The van der Waals surface area contributed by atoms with Crippen LogP contribution in [0.15, 0.2) is 42.0 Å². The average molecular weight is 380 g/mol. The highest BCUT2D eigenvalue weighted by molar-refractivity contribution is 6.01. The molecule has 144 valence electrons. The van der Waals surface area contributed by atoms with Gasteiger partial charge in [0.25, 0.3) is 5.91 Å². The number of fused-ring (bicyclic) bond motifs is 1. The minimum atomic E-state index is -0.464. The Morgan fingerprint density at radius 2 is 2.04 bits per heavy atom. The molecule has 7 heteroatoms. The quantitative estimate of drug-likeness (QED) is 0.587. The molecule has 1 heterocycles. The van der Waals surface area contributed by atoms with Gasteiger partial charge in [-0.2, -0.15) is 5.26 Å². The predicted octanol–water partition coefficient (Wildman–Crippen LogP) is 3.05. The number of nitrogens with zero attached hydrogens (tertiary/aromatic N) is 1. The highest BCUT2D eigenvalue weighted by Gasteiger charge is 2.14. The normalized spacial score (nSPS) is 12.2. The van der Waals surface area contributed by atoms with Crippen molar-refractivity contribution in [1.82, 2.24) is 5.32 Å². The lowest BCUT2D eigenvalue weighted by atomic mass is 10.1. The van der Waals surface area contributed by atoms with E-state index in [0.717, 1.165) is 5.56 Å². The summed E-state index contributed by atoms with van der Waals surface area (Å²) in [5.41, 5.74) is 1.50. The number of rotatable bonds is 7. The largest absolute Gasteiger partial charge is 0.493 e. The number of hydrogen-bond acceptors (Lipinski definition) is 6. The van der Waals surface area contributed by atoms with E-state index in [9.17, 15) is 10.1 Å². The summed E-state index contributed by atoms with van der Waals surface area (Å²) < 4.78 is 21.4. The molecule has 28 heavy (non-hydrogen) atoms. The topological polar surface area (TPSA) is 89.8 Å². The van der Waals surface area contributed by atoms with Gasteiger partial charge < -0.3 is 24.3 Å². The molecule has 0 aliphatic carbocycles. The molecule has 0 saturated carbocycles. The van der Waals surface area contributed by atoms with E-state index in [0.29, 0.717) is 35.2 Å². The Labute approximate surface area is 163 Å². The summed E-state index contributed by atoms with van der Waals surface area (Å²) in [6, 6.07) is 12.6. The molecule has 7 nitrogen and oxygen atoms in total. The van der Waals surface area contributed by atoms with Gasteiger partial charge in [0, 0.05) is 6.54 Å². The number of benzene rings is 2. The molecule has 0 aromatic heterocycles. The SMILES string of the molecule is CCOc1cc(/C=C(\C#N)C(=O)NCc2ccc3c(c2)OCO3)ccc1OC. The summed E-state index contributed by atoms with van der Waals surface area (Å²) in [5, 5.41) is 12.1. The van der Waals surface area contributed by atoms with Gasteiger partial charge in [0.2, 0.25) is 6.79 Å². The lowest BCUT2D eigenvalue weighted by Gasteiger charge is -2.10. The van der Waals surface area contributed by atoms with Gasteiger partial charge in [-0.05, 0) is 48.4 Å². The van der Waals surface area contributed by atoms with Crippen molar-refractivity contribution in [3.05, 3.63) is 53.1 Å². The summed E-state index contributed by atoms with van der Waals surface area (Å²) in [5.74, 6) is 2.00. The van der Waals surface area contributed by atoms with E-state index in [1.54, 1.807) is 37.4 Å². The number of amides is 1. The molecular weight excluding hydrogens is 360 g/mol. The number of methoxy groups -OCH3 is 1. The van der Waals surface area contributed by atoms with Crippen LogP contribution in [0.5, 0.6) is 23.0 Å². The van der Waals surface area contributed by atoms with E-state index < -0.39 is 5.91 Å². The number of hydrogen-bond donors (Lipinski definition) is 1. The molecule has 0 atom stereocenters. The predicted molar refractivity (Wildman–Crippen MR) is 102 cm³/mol. The number of ether oxygens (including phenoxy) is 4. The number of carbonyl (C=O) groups is 1. The monoisotopic (exact) mass is 380 g/mol. The summed E-state index contributed by atoms with van der Waals surface area (Å²) in [6.45, 7) is 2.80. The third-order valence-electron chi connectivity index (χ3n) is 4.05. The van der Waals surface area contributed by atoms with Crippen LogP contribution in [-0.4, -0.2) is 26.4 Å². The lowest BCUT2D eigenvalue weighted by Crippen LogP contribution is -2.23. The second-order valence-electron chi connectivity index (χ2n) is 5.88. The van der Waals surface area contributed by atoms with Gasteiger partial charge in [-0.3, -0.25) is 4.79 Å². The minimum Gasteiger partial charge on any atom is -0.493 e. The lowest BCUT2D eigenvalue weighted by molar-refractivity contribution is -0.117. The van der Waals surface area contributed by atoms with Crippen LogP contribution in [0, 0.1) is 11.3 Å². The summed E-state index contributed by atoms with van der Waals surface area (Å²) in [4.78, 5) is 12.4. The Kier molecular flexibility index (Phi) is 6.02. The molecule has 0 radical (unpaired) electrons. The fourth-order valence-corrected chi connectivity index (χ4v) is 2.70. The first-order chi connectivity index (χ1) is 13.6. The second-order valence-corrected chi connectivity index (χ2v) is 5.88. The maximum Gasteiger partial charge on any atom is 0.262 e. The highest BCUT2D eigenvalue weighted by atomic mass is 16.7. The molecule has 0 saturated heterocycles. The first kappa shape index (κ1) is 19.1. The number of nitrogens with one attached hydrogen (secondary N) is 1. The molecule has 1 N–H and O–H groups in total. The first-order valence-electron chi connectivity index (χ1n) is 8.74. The van der Waals surface area contributed by atoms with Gasteiger partial charge >= 0.3 is 0 Å². The summed E-state index contributed by atoms with van der Waals surface area (Å²) in [7, 11) is 1.55. The number of carbonyl (C=O) groups excluding carboxylic acids is 1. The van der Waals surface area contributed by atoms with Crippen molar-refractivity contribution in [2.45, 2.75) is 13.5 Å². The fraction of sp³-hybridized carbons (Fsp3) is 0.238. The van der Waals surface area contributed by atoms with Gasteiger partial charge in [-0.25, -0.2) is 0 Å². The van der Waals surface area contributed by atoms with Crippen LogP contribution < -0.4 is 24.3 Å². The Morgan fingerprint density at radius 1 is 1.21 bits per heavy atom. The molecule has 0 unspecified atom stereocenters. The van der Waals surface area contributed by atoms with Crippen molar-refractivity contribution in [3.63, 3.8) is 0 Å². The van der Waals surface area contributed by atoms with Gasteiger partial charge in [0.05, 0.1) is 13.7 Å². The molecule has 1 amide bonds. The van der Waals surface area contributed by atoms with E-state index in [1.165, 1.54) is 6.08 Å². The number of nitriles is 1. The van der Waals surface area contributed by atoms with Gasteiger partial charge in [-0.15, -0.1) is 0 Å². The van der Waals surface area contributed by atoms with Gasteiger partial charge in [-0.1, -0.05) is 12.1 Å². The van der Waals surface area contributed by atoms with Gasteiger partial charge in [0.15, 0.2) is 23.0 Å². The van der Waals surface area contributed by atoms with Crippen molar-refractivity contribution in [2.75, 3.05) is 20.5 Å². The maximum atomic E-state index is 12.4. The smallest absolute Gasteiger partial charge is 0.262 e. The maximum absolute atomic E-state index is 12.4. The van der Waals surface area contributed by atoms with Crippen LogP contribution in [0.3, 0.4) is 0 Å². The summed E-state index contributed by atoms with van der Waals surface area (Å²) in [6.07, 6.45) is 1.51. The molecule has 0 bridgehead atoms. The second kappa shape index (κ2) is 8.82. The minimum absolute atomic E-state index is 0.00615. The van der Waals surface area contributed by atoms with Crippen LogP contribution >= 0.6 is 0 Å². The molecule has 2 aromatic rings. The Bertz CT molecular complexity index is 946.